The Bertz CT molecular complexity index is 1240. The van der Waals surface area contributed by atoms with E-state index in [1.807, 2.05) is 48.5 Å². The molecular weight excluding hydrogens is 424 g/mol. The Hall–Kier alpha value is -3.26. The number of amides is 4. The molecule has 162 valence electrons. The molecule has 2 atom stereocenters. The summed E-state index contributed by atoms with van der Waals surface area (Å²) in [6, 6.07) is 15.1. The molecular formula is C24H22N4O3S. The first kappa shape index (κ1) is 19.4. The Balaban J connectivity index is 1.24. The minimum absolute atomic E-state index is 0.109. The molecule has 2 unspecified atom stereocenters. The standard InChI is InChI=1S/C24H22N4O3S/c29-20(27-13-5-9-18(27)21-25-17-8-3-4-10-19(17)32-21)14-28-22(30)24(26-23(28)31)12-11-15-6-1-2-7-16(15)24/h1-4,6-8,10,18H,5,9,11-14H2,(H,26,31). The number of aryl methyl sites for hydroxylation is 1. The van der Waals surface area contributed by atoms with E-state index in [1.54, 1.807) is 16.2 Å². The molecule has 1 aliphatic carbocycles. The minimum atomic E-state index is -1.04. The van der Waals surface area contributed by atoms with Crippen LogP contribution >= 0.6 is 11.3 Å². The fourth-order valence-electron chi connectivity index (χ4n) is 5.31. The summed E-state index contributed by atoms with van der Waals surface area (Å²) in [6.45, 7) is 0.368. The topological polar surface area (TPSA) is 82.6 Å². The van der Waals surface area contributed by atoms with E-state index >= 15 is 0 Å². The summed E-state index contributed by atoms with van der Waals surface area (Å²) in [5.41, 5.74) is 1.82. The second-order valence-corrected chi connectivity index (χ2v) is 9.71. The number of nitrogens with zero attached hydrogens (tertiary/aromatic N) is 3. The first-order valence-electron chi connectivity index (χ1n) is 10.9. The van der Waals surface area contributed by atoms with Gasteiger partial charge < -0.3 is 10.2 Å². The number of carbonyl (C=O) groups is 3. The van der Waals surface area contributed by atoms with Crippen molar-refractivity contribution in [2.75, 3.05) is 13.1 Å². The van der Waals surface area contributed by atoms with Gasteiger partial charge in [-0.1, -0.05) is 36.4 Å². The molecule has 8 heteroatoms. The number of carbonyl (C=O) groups excluding carboxylic acids is 3. The molecule has 6 rings (SSSR count). The number of para-hydroxylation sites is 1. The number of benzene rings is 2. The van der Waals surface area contributed by atoms with E-state index in [0.29, 0.717) is 13.0 Å². The highest BCUT2D eigenvalue weighted by molar-refractivity contribution is 7.18. The van der Waals surface area contributed by atoms with Crippen molar-refractivity contribution >= 4 is 39.4 Å². The first-order valence-corrected chi connectivity index (χ1v) is 11.8. The molecule has 0 bridgehead atoms. The SMILES string of the molecule is O=C1NC2(CCc3ccccc32)C(=O)N1CC(=O)N1CCCC1c1nc2ccccc2s1. The van der Waals surface area contributed by atoms with E-state index < -0.39 is 11.6 Å². The van der Waals surface area contributed by atoms with Crippen molar-refractivity contribution in [3.8, 4) is 0 Å². The third-order valence-electron chi connectivity index (χ3n) is 6.88. The van der Waals surface area contributed by atoms with Crippen molar-refractivity contribution in [1.82, 2.24) is 20.1 Å². The monoisotopic (exact) mass is 446 g/mol. The number of imide groups is 1. The third kappa shape index (κ3) is 2.79. The Morgan fingerprint density at radius 1 is 1.16 bits per heavy atom. The number of thiazole rings is 1. The van der Waals surface area contributed by atoms with Crippen molar-refractivity contribution in [3.05, 3.63) is 64.7 Å². The maximum atomic E-state index is 13.4. The van der Waals surface area contributed by atoms with Gasteiger partial charge in [0.1, 0.15) is 17.1 Å². The molecule has 7 nitrogen and oxygen atoms in total. The van der Waals surface area contributed by atoms with E-state index in [-0.39, 0.29) is 24.4 Å². The lowest BCUT2D eigenvalue weighted by atomic mass is 9.92. The van der Waals surface area contributed by atoms with Crippen LogP contribution in [0.1, 0.15) is 41.4 Å². The number of fused-ring (bicyclic) bond motifs is 3. The lowest BCUT2D eigenvalue weighted by Crippen LogP contribution is -2.44. The fourth-order valence-corrected chi connectivity index (χ4v) is 6.43. The van der Waals surface area contributed by atoms with Gasteiger partial charge in [0, 0.05) is 6.54 Å². The van der Waals surface area contributed by atoms with Gasteiger partial charge >= 0.3 is 6.03 Å². The summed E-state index contributed by atoms with van der Waals surface area (Å²) < 4.78 is 1.10. The molecule has 32 heavy (non-hydrogen) atoms. The highest BCUT2D eigenvalue weighted by Gasteiger charge is 2.55. The molecule has 3 aliphatic rings. The predicted molar refractivity (Wildman–Crippen MR) is 120 cm³/mol. The smallest absolute Gasteiger partial charge is 0.325 e. The first-order chi connectivity index (χ1) is 15.6. The highest BCUT2D eigenvalue weighted by Crippen LogP contribution is 2.42. The number of urea groups is 1. The molecule has 1 N–H and O–H groups in total. The van der Waals surface area contributed by atoms with E-state index in [9.17, 15) is 14.4 Å². The average Bonchev–Trinajstić information content (AvgIpc) is 3.56. The van der Waals surface area contributed by atoms with Crippen LogP contribution in [-0.4, -0.2) is 45.7 Å². The van der Waals surface area contributed by atoms with E-state index in [4.69, 9.17) is 4.98 Å². The minimum Gasteiger partial charge on any atom is -0.332 e. The molecule has 3 aromatic rings. The molecule has 1 spiro atoms. The maximum absolute atomic E-state index is 13.4. The summed E-state index contributed by atoms with van der Waals surface area (Å²) in [7, 11) is 0. The van der Waals surface area contributed by atoms with Crippen molar-refractivity contribution in [2.24, 2.45) is 0 Å². The molecule has 2 fully saturated rings. The number of aromatic nitrogens is 1. The zero-order valence-corrected chi connectivity index (χ0v) is 18.2. The zero-order chi connectivity index (χ0) is 21.9. The van der Waals surface area contributed by atoms with Gasteiger partial charge in [-0.2, -0.15) is 0 Å². The van der Waals surface area contributed by atoms with Gasteiger partial charge in [-0.3, -0.25) is 14.5 Å². The highest BCUT2D eigenvalue weighted by atomic mass is 32.1. The van der Waals surface area contributed by atoms with Crippen LogP contribution < -0.4 is 5.32 Å². The number of hydrogen-bond donors (Lipinski definition) is 1. The van der Waals surface area contributed by atoms with Crippen molar-refractivity contribution in [3.63, 3.8) is 0 Å². The predicted octanol–water partition coefficient (Wildman–Crippen LogP) is 3.35. The van der Waals surface area contributed by atoms with Gasteiger partial charge in [0.05, 0.1) is 16.3 Å². The van der Waals surface area contributed by atoms with Crippen LogP contribution in [-0.2, 0) is 21.5 Å². The molecule has 0 radical (unpaired) electrons. The van der Waals surface area contributed by atoms with Crippen LogP contribution in [0.15, 0.2) is 48.5 Å². The van der Waals surface area contributed by atoms with Gasteiger partial charge in [-0.05, 0) is 48.9 Å². The van der Waals surface area contributed by atoms with Crippen LogP contribution in [0.3, 0.4) is 0 Å². The Kier molecular flexibility index (Phi) is 4.33. The molecule has 1 aromatic heterocycles. The molecule has 2 saturated heterocycles. The third-order valence-corrected chi connectivity index (χ3v) is 8.02. The van der Waals surface area contributed by atoms with Crippen LogP contribution in [0.4, 0.5) is 4.79 Å². The molecule has 2 aromatic carbocycles. The Morgan fingerprint density at radius 3 is 2.84 bits per heavy atom. The largest absolute Gasteiger partial charge is 0.332 e. The fraction of sp³-hybridized carbons (Fsp3) is 0.333. The number of nitrogens with one attached hydrogen (secondary N) is 1. The summed E-state index contributed by atoms with van der Waals surface area (Å²) in [4.78, 5) is 47.1. The lowest BCUT2D eigenvalue weighted by Gasteiger charge is -2.26. The molecule has 2 aliphatic heterocycles. The number of rotatable bonds is 3. The quantitative estimate of drug-likeness (QED) is 0.626. The number of hydrogen-bond acceptors (Lipinski definition) is 5. The van der Waals surface area contributed by atoms with Gasteiger partial charge in [0.25, 0.3) is 5.91 Å². The lowest BCUT2D eigenvalue weighted by molar-refractivity contribution is -0.139. The van der Waals surface area contributed by atoms with Crippen molar-refractivity contribution in [2.45, 2.75) is 37.3 Å². The summed E-state index contributed by atoms with van der Waals surface area (Å²) in [5, 5.41) is 3.81. The van der Waals surface area contributed by atoms with Gasteiger partial charge in [-0.15, -0.1) is 11.3 Å². The van der Waals surface area contributed by atoms with Gasteiger partial charge in [0.2, 0.25) is 5.91 Å². The maximum Gasteiger partial charge on any atom is 0.325 e. The van der Waals surface area contributed by atoms with Gasteiger partial charge in [-0.25, -0.2) is 9.78 Å². The van der Waals surface area contributed by atoms with Crippen molar-refractivity contribution < 1.29 is 14.4 Å². The second-order valence-electron chi connectivity index (χ2n) is 8.65. The van der Waals surface area contributed by atoms with E-state index in [1.165, 1.54) is 0 Å². The van der Waals surface area contributed by atoms with E-state index in [2.05, 4.69) is 5.32 Å². The molecule has 3 heterocycles. The number of likely N-dealkylation sites (tertiary alicyclic amines) is 1. The normalized spacial score (nSPS) is 24.6. The Labute approximate surface area is 189 Å². The zero-order valence-electron chi connectivity index (χ0n) is 17.4. The Morgan fingerprint density at radius 2 is 1.97 bits per heavy atom. The summed E-state index contributed by atoms with van der Waals surface area (Å²) in [6.07, 6.45) is 2.97. The van der Waals surface area contributed by atoms with Crippen LogP contribution in [0.25, 0.3) is 10.2 Å². The molecule has 4 amide bonds. The van der Waals surface area contributed by atoms with Crippen LogP contribution in [0.2, 0.25) is 0 Å². The molecule has 0 saturated carbocycles. The van der Waals surface area contributed by atoms with Crippen molar-refractivity contribution in [1.29, 1.82) is 0 Å². The van der Waals surface area contributed by atoms with E-state index in [0.717, 1.165) is 50.5 Å². The average molecular weight is 447 g/mol. The second kappa shape index (κ2) is 7.13. The summed E-state index contributed by atoms with van der Waals surface area (Å²) in [5.74, 6) is -0.532. The van der Waals surface area contributed by atoms with Crippen LogP contribution in [0.5, 0.6) is 0 Å². The van der Waals surface area contributed by atoms with Gasteiger partial charge in [0.15, 0.2) is 0 Å². The van der Waals surface area contributed by atoms with Crippen LogP contribution in [0, 0.1) is 0 Å². The summed E-state index contributed by atoms with van der Waals surface area (Å²) >= 11 is 1.60.